The Labute approximate surface area is 108 Å². The van der Waals surface area contributed by atoms with Gasteiger partial charge >= 0.3 is 5.97 Å². The second-order valence-electron chi connectivity index (χ2n) is 5.26. The van der Waals surface area contributed by atoms with Crippen LogP contribution in [0.3, 0.4) is 0 Å². The Balaban J connectivity index is 2.77. The van der Waals surface area contributed by atoms with E-state index in [2.05, 4.69) is 4.72 Å². The van der Waals surface area contributed by atoms with Crippen molar-refractivity contribution in [2.24, 2.45) is 5.92 Å². The lowest BCUT2D eigenvalue weighted by atomic mass is 10.1. The topological polar surface area (TPSA) is 92.7 Å². The average Bonchev–Trinajstić information content (AvgIpc) is 2.97. The van der Waals surface area contributed by atoms with Crippen molar-refractivity contribution in [1.82, 2.24) is 4.72 Å². The van der Waals surface area contributed by atoms with Gasteiger partial charge in [-0.2, -0.15) is 0 Å². The van der Waals surface area contributed by atoms with E-state index in [1.807, 2.05) is 13.8 Å². The molecule has 0 bridgehead atoms. The van der Waals surface area contributed by atoms with Crippen LogP contribution in [0.1, 0.15) is 33.1 Å². The van der Waals surface area contributed by atoms with Crippen molar-refractivity contribution in [3.63, 3.8) is 0 Å². The number of ether oxygens (including phenoxy) is 1. The van der Waals surface area contributed by atoms with Gasteiger partial charge in [-0.3, -0.25) is 4.79 Å². The molecule has 0 aromatic heterocycles. The summed E-state index contributed by atoms with van der Waals surface area (Å²) in [6.45, 7) is 3.81. The maximum atomic E-state index is 12.1. The van der Waals surface area contributed by atoms with E-state index in [9.17, 15) is 13.2 Å². The summed E-state index contributed by atoms with van der Waals surface area (Å²) in [5, 5.41) is 9.04. The van der Waals surface area contributed by atoms with E-state index in [0.29, 0.717) is 12.8 Å². The molecule has 1 fully saturated rings. The van der Waals surface area contributed by atoms with Gasteiger partial charge in [-0.15, -0.1) is 0 Å². The third kappa shape index (κ3) is 3.43. The van der Waals surface area contributed by atoms with Crippen molar-refractivity contribution in [3.8, 4) is 0 Å². The number of carbonyl (C=O) groups is 1. The van der Waals surface area contributed by atoms with Crippen LogP contribution in [0, 0.1) is 5.92 Å². The Bertz CT molecular complexity index is 400. The third-order valence-electron chi connectivity index (χ3n) is 3.09. The van der Waals surface area contributed by atoms with Crippen LogP contribution in [0.2, 0.25) is 0 Å². The molecule has 1 atom stereocenters. The van der Waals surface area contributed by atoms with Crippen molar-refractivity contribution in [2.75, 3.05) is 13.7 Å². The largest absolute Gasteiger partial charge is 0.480 e. The minimum Gasteiger partial charge on any atom is -0.480 e. The van der Waals surface area contributed by atoms with E-state index >= 15 is 0 Å². The van der Waals surface area contributed by atoms with Crippen molar-refractivity contribution in [2.45, 2.75) is 43.9 Å². The van der Waals surface area contributed by atoms with E-state index < -0.39 is 26.8 Å². The molecule has 1 saturated carbocycles. The van der Waals surface area contributed by atoms with Crippen molar-refractivity contribution < 1.29 is 23.1 Å². The van der Waals surface area contributed by atoms with Gasteiger partial charge in [0.25, 0.3) is 0 Å². The van der Waals surface area contributed by atoms with Crippen LogP contribution in [0.15, 0.2) is 0 Å². The first kappa shape index (κ1) is 15.4. The van der Waals surface area contributed by atoms with E-state index in [1.54, 1.807) is 0 Å². The van der Waals surface area contributed by atoms with Crippen LogP contribution in [-0.4, -0.2) is 44.0 Å². The first-order chi connectivity index (χ1) is 8.24. The number of methoxy groups -OCH3 is 1. The monoisotopic (exact) mass is 279 g/mol. The summed E-state index contributed by atoms with van der Waals surface area (Å²) in [6, 6.07) is -1.07. The predicted molar refractivity (Wildman–Crippen MR) is 66.8 cm³/mol. The molecular formula is C11H21NO5S. The Morgan fingerprint density at radius 2 is 2.00 bits per heavy atom. The Hall–Kier alpha value is -0.660. The van der Waals surface area contributed by atoms with E-state index in [0.717, 1.165) is 0 Å². The zero-order valence-electron chi connectivity index (χ0n) is 11.0. The summed E-state index contributed by atoms with van der Waals surface area (Å²) < 4.78 is 30.6. The minimum absolute atomic E-state index is 0.103. The number of sulfonamides is 1. The molecule has 0 unspecified atom stereocenters. The normalized spacial score (nSPS) is 19.8. The fourth-order valence-electron chi connectivity index (χ4n) is 1.88. The molecule has 106 valence electrons. The van der Waals surface area contributed by atoms with E-state index in [1.165, 1.54) is 7.11 Å². The van der Waals surface area contributed by atoms with Crippen molar-refractivity contribution in [1.29, 1.82) is 0 Å². The van der Waals surface area contributed by atoms with Crippen LogP contribution in [0.25, 0.3) is 0 Å². The minimum atomic E-state index is -3.66. The zero-order chi connectivity index (χ0) is 14.0. The number of hydrogen-bond donors (Lipinski definition) is 2. The molecule has 7 heteroatoms. The molecule has 2 N–H and O–H groups in total. The summed E-state index contributed by atoms with van der Waals surface area (Å²) >= 11 is 0. The van der Waals surface area contributed by atoms with Crippen LogP contribution < -0.4 is 4.72 Å². The first-order valence-corrected chi connectivity index (χ1v) is 7.46. The summed E-state index contributed by atoms with van der Waals surface area (Å²) in [4.78, 5) is 11.1. The molecule has 0 spiro atoms. The summed E-state index contributed by atoms with van der Waals surface area (Å²) in [7, 11) is -2.21. The van der Waals surface area contributed by atoms with Gasteiger partial charge in [-0.05, 0) is 25.2 Å². The van der Waals surface area contributed by atoms with Gasteiger partial charge in [-0.25, -0.2) is 13.1 Å². The van der Waals surface area contributed by atoms with Crippen LogP contribution in [0.5, 0.6) is 0 Å². The molecule has 6 nitrogen and oxygen atoms in total. The van der Waals surface area contributed by atoms with Gasteiger partial charge in [0.15, 0.2) is 0 Å². The van der Waals surface area contributed by atoms with Gasteiger partial charge < -0.3 is 9.84 Å². The zero-order valence-corrected chi connectivity index (χ0v) is 11.8. The molecule has 0 amide bonds. The molecular weight excluding hydrogens is 258 g/mol. The van der Waals surface area contributed by atoms with Gasteiger partial charge in [0.05, 0.1) is 6.61 Å². The maximum Gasteiger partial charge on any atom is 0.321 e. The molecule has 1 aliphatic carbocycles. The summed E-state index contributed by atoms with van der Waals surface area (Å²) in [5.41, 5.74) is 0. The number of hydrogen-bond acceptors (Lipinski definition) is 4. The molecule has 1 rings (SSSR count). The molecule has 0 aromatic rings. The number of aliphatic carboxylic acids is 1. The number of nitrogens with one attached hydrogen (secondary N) is 1. The average molecular weight is 279 g/mol. The summed E-state index contributed by atoms with van der Waals surface area (Å²) in [6.07, 6.45) is 1.31. The van der Waals surface area contributed by atoms with Crippen molar-refractivity contribution >= 4 is 16.0 Å². The Kier molecular flexibility index (Phi) is 4.74. The lowest BCUT2D eigenvalue weighted by molar-refractivity contribution is -0.139. The fourth-order valence-corrected chi connectivity index (χ4v) is 3.61. The quantitative estimate of drug-likeness (QED) is 0.678. The number of carboxylic acids is 1. The summed E-state index contributed by atoms with van der Waals surface area (Å²) in [5.74, 6) is -1.04. The number of rotatable bonds is 8. The highest BCUT2D eigenvalue weighted by Gasteiger charge is 2.55. The number of carboxylic acid groups (broad SMARTS) is 1. The molecule has 0 heterocycles. The lowest BCUT2D eigenvalue weighted by Crippen LogP contribution is -2.48. The molecule has 18 heavy (non-hydrogen) atoms. The molecule has 0 aromatic carbocycles. The van der Waals surface area contributed by atoms with Gasteiger partial charge in [0, 0.05) is 7.11 Å². The van der Waals surface area contributed by atoms with Gasteiger partial charge in [0.2, 0.25) is 10.0 Å². The SMILES string of the molecule is COCC1(S(=O)(=O)N[C@H](CC(C)C)C(=O)O)CC1. The highest BCUT2D eigenvalue weighted by molar-refractivity contribution is 7.91. The Morgan fingerprint density at radius 1 is 1.44 bits per heavy atom. The van der Waals surface area contributed by atoms with Crippen LogP contribution >= 0.6 is 0 Å². The highest BCUT2D eigenvalue weighted by Crippen LogP contribution is 2.43. The molecule has 0 saturated heterocycles. The standard InChI is InChI=1S/C11H21NO5S/c1-8(2)6-9(10(13)14)12-18(15,16)11(4-5-11)7-17-3/h8-9,12H,4-7H2,1-3H3,(H,13,14)/t9-/m1/s1. The molecule has 0 radical (unpaired) electrons. The second kappa shape index (κ2) is 5.54. The van der Waals surface area contributed by atoms with Gasteiger partial charge in [-0.1, -0.05) is 13.8 Å². The molecule has 1 aliphatic rings. The maximum absolute atomic E-state index is 12.1. The smallest absolute Gasteiger partial charge is 0.321 e. The van der Waals surface area contributed by atoms with E-state index in [4.69, 9.17) is 9.84 Å². The van der Waals surface area contributed by atoms with Gasteiger partial charge in [0.1, 0.15) is 10.8 Å². The Morgan fingerprint density at radius 3 is 2.33 bits per heavy atom. The van der Waals surface area contributed by atoms with E-state index in [-0.39, 0.29) is 18.9 Å². The predicted octanol–water partition coefficient (Wildman–Crippen LogP) is 0.584. The fraction of sp³-hybridized carbons (Fsp3) is 0.909. The van der Waals surface area contributed by atoms with Crippen LogP contribution in [-0.2, 0) is 19.6 Å². The highest BCUT2D eigenvalue weighted by atomic mass is 32.2. The lowest BCUT2D eigenvalue weighted by Gasteiger charge is -2.21. The van der Waals surface area contributed by atoms with Crippen molar-refractivity contribution in [3.05, 3.63) is 0 Å². The molecule has 0 aliphatic heterocycles. The van der Waals surface area contributed by atoms with Crippen LogP contribution in [0.4, 0.5) is 0 Å². The first-order valence-electron chi connectivity index (χ1n) is 5.98. The third-order valence-corrected chi connectivity index (χ3v) is 5.35. The second-order valence-corrected chi connectivity index (χ2v) is 7.37.